The minimum atomic E-state index is -1.65. The van der Waals surface area contributed by atoms with Gasteiger partial charge >= 0.3 is 0 Å². The van der Waals surface area contributed by atoms with Crippen LogP contribution in [0.3, 0.4) is 0 Å². The number of hydrogen-bond acceptors (Lipinski definition) is 8. The summed E-state index contributed by atoms with van der Waals surface area (Å²) in [7, 11) is 3.03. The Balaban J connectivity index is 2.28. The molecular weight excluding hydrogens is 348 g/mol. The highest BCUT2D eigenvalue weighted by Crippen LogP contribution is 2.82. The topological polar surface area (TPSA) is 123 Å². The van der Waals surface area contributed by atoms with Crippen molar-refractivity contribution in [1.29, 1.82) is 10.5 Å². The normalized spacial score (nSPS) is 29.9. The molecule has 0 bridgehead atoms. The summed E-state index contributed by atoms with van der Waals surface area (Å²) in [4.78, 5) is 4.32. The van der Waals surface area contributed by atoms with E-state index in [1.807, 2.05) is 0 Å². The zero-order valence-electron chi connectivity index (χ0n) is 15.8. The van der Waals surface area contributed by atoms with Crippen LogP contribution < -0.4 is 15.2 Å². The largest absolute Gasteiger partial charge is 0.493 e. The number of hydrogen-bond donors (Lipinski definition) is 1. The van der Waals surface area contributed by atoms with Crippen LogP contribution in [-0.4, -0.2) is 39.2 Å². The third-order valence-corrected chi connectivity index (χ3v) is 5.35. The number of rotatable bonds is 7. The lowest BCUT2D eigenvalue weighted by Gasteiger charge is -2.32. The second kappa shape index (κ2) is 6.41. The monoisotopic (exact) mass is 370 g/mol. The van der Waals surface area contributed by atoms with E-state index in [-0.39, 0.29) is 19.0 Å². The molecule has 8 heteroatoms. The summed E-state index contributed by atoms with van der Waals surface area (Å²) in [5.41, 5.74) is 4.03. The second-order valence-corrected chi connectivity index (χ2v) is 6.30. The van der Waals surface area contributed by atoms with Crippen LogP contribution in [0.4, 0.5) is 0 Å². The number of ether oxygens (including phenoxy) is 4. The van der Waals surface area contributed by atoms with Crippen molar-refractivity contribution in [3.05, 3.63) is 23.8 Å². The summed E-state index contributed by atoms with van der Waals surface area (Å²) in [5, 5.41) is 20.3. The molecule has 8 nitrogen and oxygen atoms in total. The lowest BCUT2D eigenvalue weighted by Crippen LogP contribution is -2.43. The van der Waals surface area contributed by atoms with Crippen molar-refractivity contribution in [2.75, 3.05) is 27.4 Å². The van der Waals surface area contributed by atoms with E-state index in [1.165, 1.54) is 14.2 Å². The fourth-order valence-corrected chi connectivity index (χ4v) is 4.36. The van der Waals surface area contributed by atoms with E-state index in [2.05, 4.69) is 17.1 Å². The molecule has 0 spiro atoms. The van der Waals surface area contributed by atoms with Gasteiger partial charge in [0.05, 0.1) is 26.4 Å². The number of nitrogens with zero attached hydrogens (tertiary/aromatic N) is 3. The molecule has 1 aromatic rings. The van der Waals surface area contributed by atoms with E-state index in [0.717, 1.165) is 0 Å². The van der Waals surface area contributed by atoms with Crippen molar-refractivity contribution < 1.29 is 18.9 Å². The summed E-state index contributed by atoms with van der Waals surface area (Å²) in [5.74, 6) is -1.32. The van der Waals surface area contributed by atoms with Crippen LogP contribution in [0.1, 0.15) is 25.3 Å². The standard InChI is InChI=1S/C19H22N4O4/c1-5-26-19(27-6-2)18(11-21)15(17(18,10-20)16(22)23-19)12-8-7-9-13(24-3)14(12)25-4/h7-9,15H,5-6H2,1-4H3,(H2,22,23)/t15-,17+,18+/m0/s1. The molecule has 1 fully saturated rings. The van der Waals surface area contributed by atoms with Gasteiger partial charge in [-0.3, -0.25) is 0 Å². The molecule has 3 atom stereocenters. The highest BCUT2D eigenvalue weighted by Gasteiger charge is 2.94. The molecule has 0 aromatic heterocycles. The van der Waals surface area contributed by atoms with Gasteiger partial charge in [-0.15, -0.1) is 0 Å². The molecule has 27 heavy (non-hydrogen) atoms. The molecule has 1 aliphatic heterocycles. The first kappa shape index (κ1) is 19.0. The van der Waals surface area contributed by atoms with Crippen LogP contribution >= 0.6 is 0 Å². The second-order valence-electron chi connectivity index (χ2n) is 6.30. The predicted octanol–water partition coefficient (Wildman–Crippen LogP) is 1.92. The van der Waals surface area contributed by atoms with Crippen LogP contribution in [0, 0.1) is 33.5 Å². The number of para-hydroxylation sites is 1. The maximum Gasteiger partial charge on any atom is 0.293 e. The molecule has 1 heterocycles. The van der Waals surface area contributed by atoms with E-state index in [1.54, 1.807) is 32.0 Å². The minimum absolute atomic E-state index is 0.0309. The Morgan fingerprint density at radius 3 is 2.26 bits per heavy atom. The van der Waals surface area contributed by atoms with Crippen molar-refractivity contribution >= 4 is 5.84 Å². The first-order chi connectivity index (χ1) is 13.0. The van der Waals surface area contributed by atoms with Gasteiger partial charge < -0.3 is 24.7 Å². The quantitative estimate of drug-likeness (QED) is 0.727. The highest BCUT2D eigenvalue weighted by molar-refractivity contribution is 6.00. The SMILES string of the molecule is CCOC1(OCC)N=C(N)[C@@]2(C#N)[C@H](c3cccc(OC)c3OC)[C@@]12C#N. The van der Waals surface area contributed by atoms with Crippen LogP contribution in [0.15, 0.2) is 23.2 Å². The number of benzene rings is 1. The first-order valence-electron chi connectivity index (χ1n) is 8.67. The van der Waals surface area contributed by atoms with E-state index in [0.29, 0.717) is 17.1 Å². The van der Waals surface area contributed by atoms with Gasteiger partial charge in [0.2, 0.25) is 0 Å². The average molecular weight is 370 g/mol. The summed E-state index contributed by atoms with van der Waals surface area (Å²) in [6, 6.07) is 9.81. The minimum Gasteiger partial charge on any atom is -0.493 e. The molecule has 1 aliphatic carbocycles. The number of nitriles is 2. The van der Waals surface area contributed by atoms with Gasteiger partial charge in [-0.1, -0.05) is 12.1 Å². The van der Waals surface area contributed by atoms with E-state index in [9.17, 15) is 10.5 Å². The fourth-order valence-electron chi connectivity index (χ4n) is 4.36. The number of amidine groups is 1. The number of nitrogens with two attached hydrogens (primary N) is 1. The average Bonchev–Trinajstić information content (AvgIpc) is 3.26. The van der Waals surface area contributed by atoms with E-state index < -0.39 is 22.7 Å². The Morgan fingerprint density at radius 1 is 1.11 bits per heavy atom. The highest BCUT2D eigenvalue weighted by atomic mass is 16.7. The maximum absolute atomic E-state index is 10.2. The Hall–Kier alpha value is -2.81. The third-order valence-electron chi connectivity index (χ3n) is 5.35. The number of aliphatic imine (C=N–C) groups is 1. The third kappa shape index (κ3) is 2.00. The van der Waals surface area contributed by atoms with Crippen molar-refractivity contribution in [2.45, 2.75) is 25.7 Å². The van der Waals surface area contributed by atoms with Gasteiger partial charge in [-0.05, 0) is 19.9 Å². The van der Waals surface area contributed by atoms with Gasteiger partial charge in [-0.25, -0.2) is 4.99 Å². The maximum atomic E-state index is 10.2. The van der Waals surface area contributed by atoms with Crippen LogP contribution in [0.5, 0.6) is 11.5 Å². The van der Waals surface area contributed by atoms with E-state index >= 15 is 0 Å². The van der Waals surface area contributed by atoms with Gasteiger partial charge in [0.1, 0.15) is 11.3 Å². The molecule has 2 aliphatic rings. The number of fused-ring (bicyclic) bond motifs is 1. The predicted molar refractivity (Wildman–Crippen MR) is 96.0 cm³/mol. The molecule has 1 saturated carbocycles. The van der Waals surface area contributed by atoms with Crippen LogP contribution in [0.2, 0.25) is 0 Å². The van der Waals surface area contributed by atoms with Gasteiger partial charge in [0.15, 0.2) is 16.9 Å². The molecule has 2 N–H and O–H groups in total. The van der Waals surface area contributed by atoms with E-state index in [4.69, 9.17) is 24.7 Å². The molecule has 0 radical (unpaired) electrons. The van der Waals surface area contributed by atoms with Crippen LogP contribution in [-0.2, 0) is 9.47 Å². The summed E-state index contributed by atoms with van der Waals surface area (Å²) >= 11 is 0. The zero-order valence-corrected chi connectivity index (χ0v) is 15.8. The first-order valence-corrected chi connectivity index (χ1v) is 8.67. The lowest BCUT2D eigenvalue weighted by molar-refractivity contribution is -0.255. The molecule has 0 amide bonds. The fraction of sp³-hybridized carbons (Fsp3) is 0.526. The van der Waals surface area contributed by atoms with Gasteiger partial charge in [-0.2, -0.15) is 10.5 Å². The van der Waals surface area contributed by atoms with Crippen molar-refractivity contribution in [2.24, 2.45) is 21.6 Å². The number of methoxy groups -OCH3 is 2. The Morgan fingerprint density at radius 2 is 1.78 bits per heavy atom. The summed E-state index contributed by atoms with van der Waals surface area (Å²) < 4.78 is 22.5. The van der Waals surface area contributed by atoms with Crippen molar-refractivity contribution in [3.8, 4) is 23.6 Å². The Kier molecular flexibility index (Phi) is 4.51. The summed E-state index contributed by atoms with van der Waals surface area (Å²) in [6.45, 7) is 4.02. The van der Waals surface area contributed by atoms with Crippen molar-refractivity contribution in [3.63, 3.8) is 0 Å². The smallest absolute Gasteiger partial charge is 0.293 e. The Bertz CT molecular complexity index is 865. The van der Waals surface area contributed by atoms with Crippen LogP contribution in [0.25, 0.3) is 0 Å². The molecule has 1 aromatic carbocycles. The molecule has 0 saturated heterocycles. The molecule has 142 valence electrons. The lowest BCUT2D eigenvalue weighted by atomic mass is 9.93. The molecule has 0 unspecified atom stereocenters. The Labute approximate surface area is 158 Å². The molecule has 3 rings (SSSR count). The van der Waals surface area contributed by atoms with Gasteiger partial charge in [0, 0.05) is 24.7 Å². The summed E-state index contributed by atoms with van der Waals surface area (Å²) in [6.07, 6.45) is 0. The molecular formula is C19H22N4O4. The van der Waals surface area contributed by atoms with Crippen molar-refractivity contribution in [1.82, 2.24) is 0 Å². The van der Waals surface area contributed by atoms with Gasteiger partial charge in [0.25, 0.3) is 5.91 Å². The zero-order chi connectivity index (χ0) is 19.9.